The van der Waals surface area contributed by atoms with E-state index in [4.69, 9.17) is 16.3 Å². The Balaban J connectivity index is 3.03. The lowest BCUT2D eigenvalue weighted by molar-refractivity contribution is 0.215. The molecule has 2 unspecified atom stereocenters. The molecule has 1 heterocycles. The third-order valence-electron chi connectivity index (χ3n) is 2.87. The maximum Gasteiger partial charge on any atom is 0.0880 e. The Morgan fingerprint density at radius 2 is 1.94 bits per heavy atom. The lowest BCUT2D eigenvalue weighted by Gasteiger charge is -2.31. The van der Waals surface area contributed by atoms with E-state index in [1.165, 1.54) is 4.88 Å². The summed E-state index contributed by atoms with van der Waals surface area (Å²) in [4.78, 5) is 4.19. The summed E-state index contributed by atoms with van der Waals surface area (Å²) in [7, 11) is 0. The third-order valence-corrected chi connectivity index (χ3v) is 3.94. The minimum atomic E-state index is -0.0650. The van der Waals surface area contributed by atoms with Crippen LogP contribution in [-0.4, -0.2) is 24.0 Å². The highest BCUT2D eigenvalue weighted by Gasteiger charge is 2.26. The fraction of sp³-hybridized carbons (Fsp3) is 0.538. The molecule has 96 valence electrons. The Morgan fingerprint density at radius 1 is 1.33 bits per heavy atom. The largest absolute Gasteiger partial charge is 0.326 e. The van der Waals surface area contributed by atoms with Gasteiger partial charge in [0.2, 0.25) is 0 Å². The van der Waals surface area contributed by atoms with Crippen molar-refractivity contribution in [3.8, 4) is 12.1 Å². The van der Waals surface area contributed by atoms with Crippen LogP contribution in [0.1, 0.15) is 29.1 Å². The maximum absolute atomic E-state index is 8.88. The van der Waals surface area contributed by atoms with Crippen molar-refractivity contribution in [2.24, 2.45) is 5.73 Å². The number of nitrogens with two attached hydrogens (primary N) is 1. The van der Waals surface area contributed by atoms with E-state index in [0.29, 0.717) is 0 Å². The highest BCUT2D eigenvalue weighted by Crippen LogP contribution is 2.30. The lowest BCUT2D eigenvalue weighted by Crippen LogP contribution is -2.41. The molecule has 18 heavy (non-hydrogen) atoms. The molecule has 2 atom stereocenters. The van der Waals surface area contributed by atoms with E-state index in [0.717, 1.165) is 11.3 Å². The average molecular weight is 262 g/mol. The van der Waals surface area contributed by atoms with Gasteiger partial charge >= 0.3 is 0 Å². The molecule has 0 saturated carbocycles. The van der Waals surface area contributed by atoms with Crippen LogP contribution in [0.4, 0.5) is 0 Å². The van der Waals surface area contributed by atoms with Gasteiger partial charge in [0.05, 0.1) is 31.3 Å². The van der Waals surface area contributed by atoms with Gasteiger partial charge in [0.15, 0.2) is 0 Å². The molecule has 0 fully saturated rings. The van der Waals surface area contributed by atoms with Crippen LogP contribution in [-0.2, 0) is 0 Å². The molecule has 0 aliphatic heterocycles. The van der Waals surface area contributed by atoms with Crippen molar-refractivity contribution in [1.29, 1.82) is 10.5 Å². The van der Waals surface area contributed by atoms with E-state index in [9.17, 15) is 0 Å². The van der Waals surface area contributed by atoms with Crippen LogP contribution in [0.25, 0.3) is 0 Å². The van der Waals surface area contributed by atoms with Crippen LogP contribution in [0.3, 0.4) is 0 Å². The molecule has 1 aromatic rings. The van der Waals surface area contributed by atoms with Crippen LogP contribution >= 0.6 is 11.3 Å². The number of nitrogens with zero attached hydrogens (tertiary/aromatic N) is 3. The summed E-state index contributed by atoms with van der Waals surface area (Å²) < 4.78 is 0. The van der Waals surface area contributed by atoms with Gasteiger partial charge in [-0.15, -0.1) is 11.3 Å². The summed E-state index contributed by atoms with van der Waals surface area (Å²) in [6.45, 7) is 4.52. The van der Waals surface area contributed by atoms with Gasteiger partial charge in [0.25, 0.3) is 0 Å². The Hall–Kier alpha value is -1.40. The zero-order chi connectivity index (χ0) is 13.5. The molecule has 0 radical (unpaired) electrons. The van der Waals surface area contributed by atoms with Gasteiger partial charge < -0.3 is 5.73 Å². The van der Waals surface area contributed by atoms with Gasteiger partial charge in [0.1, 0.15) is 0 Å². The summed E-state index contributed by atoms with van der Waals surface area (Å²) in [5.41, 5.74) is 6.17. The molecule has 4 nitrogen and oxygen atoms in total. The zero-order valence-electron chi connectivity index (χ0n) is 10.8. The summed E-state index contributed by atoms with van der Waals surface area (Å²) in [6.07, 6.45) is 0.814. The van der Waals surface area contributed by atoms with Crippen LogP contribution in [0.5, 0.6) is 0 Å². The van der Waals surface area contributed by atoms with Crippen LogP contribution in [0.15, 0.2) is 12.1 Å². The van der Waals surface area contributed by atoms with Crippen molar-refractivity contribution >= 4 is 11.3 Å². The molecule has 0 spiro atoms. The Labute approximate surface area is 112 Å². The summed E-state index contributed by atoms with van der Waals surface area (Å²) in [5, 5.41) is 17.8. The van der Waals surface area contributed by atoms with E-state index >= 15 is 0 Å². The van der Waals surface area contributed by atoms with Gasteiger partial charge in [0, 0.05) is 15.8 Å². The topological polar surface area (TPSA) is 76.8 Å². The van der Waals surface area contributed by atoms with Crippen molar-refractivity contribution in [3.63, 3.8) is 0 Å². The second-order valence-electron chi connectivity index (χ2n) is 4.19. The molecule has 0 aliphatic carbocycles. The van der Waals surface area contributed by atoms with Crippen LogP contribution < -0.4 is 5.73 Å². The second-order valence-corrected chi connectivity index (χ2v) is 5.51. The first kappa shape index (κ1) is 14.7. The third kappa shape index (κ3) is 3.54. The van der Waals surface area contributed by atoms with Gasteiger partial charge in [-0.2, -0.15) is 10.5 Å². The Bertz CT molecular complexity index is 438. The minimum absolute atomic E-state index is 0.0481. The smallest absolute Gasteiger partial charge is 0.0880 e. The molecule has 2 N–H and O–H groups in total. The molecular formula is C13H18N4S. The van der Waals surface area contributed by atoms with Crippen molar-refractivity contribution in [2.45, 2.75) is 32.4 Å². The van der Waals surface area contributed by atoms with Crippen LogP contribution in [0.2, 0.25) is 0 Å². The standard InChI is InChI=1S/C13H18N4S/c1-3-11(16)13(12-5-4-10(2)18-12)17(8-6-14)9-7-15/h4-5,11,13H,3,8-9,16H2,1-2H3. The second kappa shape index (κ2) is 7.13. The minimum Gasteiger partial charge on any atom is -0.326 e. The number of nitriles is 2. The zero-order valence-corrected chi connectivity index (χ0v) is 11.6. The predicted molar refractivity (Wildman–Crippen MR) is 72.9 cm³/mol. The molecule has 0 amide bonds. The summed E-state index contributed by atoms with van der Waals surface area (Å²) in [6, 6.07) is 8.20. The molecule has 0 bridgehead atoms. The van der Waals surface area contributed by atoms with Crippen molar-refractivity contribution < 1.29 is 0 Å². The Morgan fingerprint density at radius 3 is 2.33 bits per heavy atom. The average Bonchev–Trinajstić information content (AvgIpc) is 2.76. The van der Waals surface area contributed by atoms with E-state index in [1.807, 2.05) is 30.9 Å². The molecule has 1 aromatic heterocycles. The fourth-order valence-electron chi connectivity index (χ4n) is 1.93. The molecule has 0 aliphatic rings. The first-order chi connectivity index (χ1) is 8.63. The number of rotatable bonds is 6. The van der Waals surface area contributed by atoms with E-state index in [-0.39, 0.29) is 25.2 Å². The number of hydrogen-bond donors (Lipinski definition) is 1. The molecule has 5 heteroatoms. The monoisotopic (exact) mass is 262 g/mol. The van der Waals surface area contributed by atoms with Crippen molar-refractivity contribution in [1.82, 2.24) is 4.90 Å². The molecular weight excluding hydrogens is 244 g/mol. The number of hydrogen-bond acceptors (Lipinski definition) is 5. The van der Waals surface area contributed by atoms with Crippen LogP contribution in [0, 0.1) is 29.6 Å². The van der Waals surface area contributed by atoms with Crippen molar-refractivity contribution in [3.05, 3.63) is 21.9 Å². The SMILES string of the molecule is CCC(N)C(c1ccc(C)s1)N(CC#N)CC#N. The predicted octanol–water partition coefficient (Wildman–Crippen LogP) is 2.18. The maximum atomic E-state index is 8.88. The lowest BCUT2D eigenvalue weighted by atomic mass is 10.0. The fourth-order valence-corrected chi connectivity index (χ4v) is 3.02. The summed E-state index contributed by atoms with van der Waals surface area (Å²) >= 11 is 1.68. The first-order valence-electron chi connectivity index (χ1n) is 5.93. The molecule has 1 rings (SSSR count). The molecule has 0 saturated heterocycles. The first-order valence-corrected chi connectivity index (χ1v) is 6.75. The molecule has 0 aromatic carbocycles. The van der Waals surface area contributed by atoms with Gasteiger partial charge in [-0.25, -0.2) is 0 Å². The van der Waals surface area contributed by atoms with E-state index < -0.39 is 0 Å². The highest BCUT2D eigenvalue weighted by atomic mass is 32.1. The van der Waals surface area contributed by atoms with Gasteiger partial charge in [-0.1, -0.05) is 6.92 Å². The Kier molecular flexibility index (Phi) is 5.80. The van der Waals surface area contributed by atoms with E-state index in [1.54, 1.807) is 11.3 Å². The van der Waals surface area contributed by atoms with E-state index in [2.05, 4.69) is 12.1 Å². The highest BCUT2D eigenvalue weighted by molar-refractivity contribution is 7.12. The number of aryl methyl sites for hydroxylation is 1. The van der Waals surface area contributed by atoms with Gasteiger partial charge in [-0.3, -0.25) is 4.90 Å². The quantitative estimate of drug-likeness (QED) is 0.797. The number of thiophene rings is 1. The van der Waals surface area contributed by atoms with Gasteiger partial charge in [-0.05, 0) is 25.5 Å². The van der Waals surface area contributed by atoms with Crippen molar-refractivity contribution in [2.75, 3.05) is 13.1 Å². The summed E-state index contributed by atoms with van der Waals surface area (Å²) in [5.74, 6) is 0. The normalized spacial score (nSPS) is 13.9.